The van der Waals surface area contributed by atoms with Crippen LogP contribution in [-0.2, 0) is 5.75 Å². The summed E-state index contributed by atoms with van der Waals surface area (Å²) in [6.07, 6.45) is 0. The zero-order valence-electron chi connectivity index (χ0n) is 11.1. The van der Waals surface area contributed by atoms with Crippen molar-refractivity contribution in [3.05, 3.63) is 53.3 Å². The molecule has 0 amide bonds. The van der Waals surface area contributed by atoms with Gasteiger partial charge in [0.15, 0.2) is 11.5 Å². The molecule has 0 N–H and O–H groups in total. The van der Waals surface area contributed by atoms with Crippen LogP contribution in [0.4, 0.5) is 4.39 Å². The van der Waals surface area contributed by atoms with Crippen LogP contribution in [0.2, 0.25) is 0 Å². The summed E-state index contributed by atoms with van der Waals surface area (Å²) >= 11 is 1.60. The van der Waals surface area contributed by atoms with Crippen LogP contribution in [0.1, 0.15) is 11.1 Å². The molecule has 0 radical (unpaired) electrons. The monoisotopic (exact) mass is 301 g/mol. The summed E-state index contributed by atoms with van der Waals surface area (Å²) in [5.74, 6) is 1.70. The standard InChI is InChI=1S/C16H12FNO2S/c17-14-3-1-11(7-12(14)9-18)10-21-13-2-4-15-16(8-13)20-6-5-19-15/h1-4,7-8H,5-6,10H2. The molecule has 5 heteroatoms. The number of benzene rings is 2. The molecule has 3 rings (SSSR count). The van der Waals surface area contributed by atoms with Gasteiger partial charge in [0.25, 0.3) is 0 Å². The van der Waals surface area contributed by atoms with Crippen molar-refractivity contribution in [2.75, 3.05) is 13.2 Å². The summed E-state index contributed by atoms with van der Waals surface area (Å²) in [4.78, 5) is 1.04. The Morgan fingerprint density at radius 2 is 1.90 bits per heavy atom. The van der Waals surface area contributed by atoms with Crippen molar-refractivity contribution in [2.24, 2.45) is 0 Å². The van der Waals surface area contributed by atoms with E-state index in [0.29, 0.717) is 19.0 Å². The highest BCUT2D eigenvalue weighted by molar-refractivity contribution is 7.98. The molecule has 2 aromatic carbocycles. The van der Waals surface area contributed by atoms with Crippen molar-refractivity contribution in [1.29, 1.82) is 5.26 Å². The summed E-state index contributed by atoms with van der Waals surface area (Å²) in [6.45, 7) is 1.14. The van der Waals surface area contributed by atoms with Crippen LogP contribution < -0.4 is 9.47 Å². The van der Waals surface area contributed by atoms with Gasteiger partial charge in [-0.2, -0.15) is 5.26 Å². The summed E-state index contributed by atoms with van der Waals surface area (Å²) in [5.41, 5.74) is 0.989. The van der Waals surface area contributed by atoms with E-state index in [2.05, 4.69) is 0 Å². The molecule has 0 unspecified atom stereocenters. The average Bonchev–Trinajstić information content (AvgIpc) is 2.54. The first-order valence-corrected chi connectivity index (χ1v) is 7.46. The highest BCUT2D eigenvalue weighted by atomic mass is 32.2. The van der Waals surface area contributed by atoms with Crippen LogP contribution >= 0.6 is 11.8 Å². The van der Waals surface area contributed by atoms with Gasteiger partial charge in [-0.05, 0) is 35.9 Å². The summed E-state index contributed by atoms with van der Waals surface area (Å²) < 4.78 is 24.3. The molecule has 0 saturated carbocycles. The number of nitrogens with zero attached hydrogens (tertiary/aromatic N) is 1. The second-order valence-corrected chi connectivity index (χ2v) is 5.57. The molecule has 0 aliphatic carbocycles. The third kappa shape index (κ3) is 3.11. The fourth-order valence-electron chi connectivity index (χ4n) is 2.03. The molecule has 106 valence electrons. The van der Waals surface area contributed by atoms with E-state index in [0.717, 1.165) is 22.0 Å². The lowest BCUT2D eigenvalue weighted by molar-refractivity contribution is 0.171. The predicted molar refractivity (Wildman–Crippen MR) is 78.1 cm³/mol. The quantitative estimate of drug-likeness (QED) is 0.810. The van der Waals surface area contributed by atoms with Crippen molar-refractivity contribution in [2.45, 2.75) is 10.6 Å². The van der Waals surface area contributed by atoms with Gasteiger partial charge in [0, 0.05) is 10.6 Å². The predicted octanol–water partition coefficient (Wildman–Crippen LogP) is 3.76. The van der Waals surface area contributed by atoms with Crippen molar-refractivity contribution < 1.29 is 13.9 Å². The number of halogens is 1. The van der Waals surface area contributed by atoms with Crippen LogP contribution in [-0.4, -0.2) is 13.2 Å². The van der Waals surface area contributed by atoms with Crippen LogP contribution in [0, 0.1) is 17.1 Å². The number of hydrogen-bond acceptors (Lipinski definition) is 4. The lowest BCUT2D eigenvalue weighted by Gasteiger charge is -2.18. The van der Waals surface area contributed by atoms with Crippen LogP contribution in [0.25, 0.3) is 0 Å². The molecule has 1 aliphatic rings. The molecule has 3 nitrogen and oxygen atoms in total. The van der Waals surface area contributed by atoms with E-state index in [1.165, 1.54) is 6.07 Å². The van der Waals surface area contributed by atoms with E-state index < -0.39 is 5.82 Å². The van der Waals surface area contributed by atoms with E-state index in [1.54, 1.807) is 23.9 Å². The molecule has 0 aromatic heterocycles. The molecule has 0 spiro atoms. The zero-order valence-corrected chi connectivity index (χ0v) is 12.0. The fourth-order valence-corrected chi connectivity index (χ4v) is 2.90. The Balaban J connectivity index is 1.72. The van der Waals surface area contributed by atoms with Crippen LogP contribution in [0.5, 0.6) is 11.5 Å². The molecule has 0 saturated heterocycles. The number of rotatable bonds is 3. The maximum atomic E-state index is 13.3. The largest absolute Gasteiger partial charge is 0.486 e. The smallest absolute Gasteiger partial charge is 0.162 e. The van der Waals surface area contributed by atoms with Gasteiger partial charge in [0.1, 0.15) is 25.1 Å². The van der Waals surface area contributed by atoms with E-state index in [-0.39, 0.29) is 5.56 Å². The van der Waals surface area contributed by atoms with Gasteiger partial charge in [-0.3, -0.25) is 0 Å². The number of hydrogen-bond donors (Lipinski definition) is 0. The Hall–Kier alpha value is -2.19. The molecule has 0 atom stereocenters. The second-order valence-electron chi connectivity index (χ2n) is 4.52. The molecule has 21 heavy (non-hydrogen) atoms. The third-order valence-corrected chi connectivity index (χ3v) is 4.14. The highest BCUT2D eigenvalue weighted by Gasteiger charge is 2.12. The van der Waals surface area contributed by atoms with E-state index in [4.69, 9.17) is 14.7 Å². The normalized spacial score (nSPS) is 12.8. The minimum absolute atomic E-state index is 0.0790. The Labute approximate surface area is 126 Å². The molecule has 1 heterocycles. The molecular weight excluding hydrogens is 289 g/mol. The Morgan fingerprint density at radius 1 is 1.10 bits per heavy atom. The first-order valence-electron chi connectivity index (χ1n) is 6.47. The highest BCUT2D eigenvalue weighted by Crippen LogP contribution is 2.35. The summed E-state index contributed by atoms with van der Waals surface area (Å²) in [7, 11) is 0. The van der Waals surface area contributed by atoms with Gasteiger partial charge < -0.3 is 9.47 Å². The van der Waals surface area contributed by atoms with E-state index in [1.807, 2.05) is 24.3 Å². The van der Waals surface area contributed by atoms with Crippen molar-refractivity contribution in [1.82, 2.24) is 0 Å². The van der Waals surface area contributed by atoms with Gasteiger partial charge in [0.05, 0.1) is 5.56 Å². The first-order chi connectivity index (χ1) is 10.3. The number of fused-ring (bicyclic) bond motifs is 1. The summed E-state index contributed by atoms with van der Waals surface area (Å²) in [6, 6.07) is 12.3. The minimum Gasteiger partial charge on any atom is -0.486 e. The molecular formula is C16H12FNO2S. The lowest BCUT2D eigenvalue weighted by atomic mass is 10.1. The molecule has 0 fully saturated rings. The average molecular weight is 301 g/mol. The second kappa shape index (κ2) is 6.06. The van der Waals surface area contributed by atoms with E-state index >= 15 is 0 Å². The van der Waals surface area contributed by atoms with Crippen LogP contribution in [0.15, 0.2) is 41.3 Å². The maximum Gasteiger partial charge on any atom is 0.162 e. The van der Waals surface area contributed by atoms with Crippen molar-refractivity contribution >= 4 is 11.8 Å². The first kappa shape index (κ1) is 13.8. The Kier molecular flexibility index (Phi) is 3.98. The molecule has 1 aliphatic heterocycles. The Bertz CT molecular complexity index is 712. The van der Waals surface area contributed by atoms with Gasteiger partial charge in [0.2, 0.25) is 0 Å². The van der Waals surface area contributed by atoms with Gasteiger partial charge in [-0.15, -0.1) is 11.8 Å². The summed E-state index contributed by atoms with van der Waals surface area (Å²) in [5, 5.41) is 8.83. The molecule has 2 aromatic rings. The van der Waals surface area contributed by atoms with Crippen molar-refractivity contribution in [3.63, 3.8) is 0 Å². The van der Waals surface area contributed by atoms with Crippen LogP contribution in [0.3, 0.4) is 0 Å². The van der Waals surface area contributed by atoms with Crippen molar-refractivity contribution in [3.8, 4) is 17.6 Å². The Morgan fingerprint density at radius 3 is 2.71 bits per heavy atom. The molecule has 0 bridgehead atoms. The fraction of sp³-hybridized carbons (Fsp3) is 0.188. The number of ether oxygens (including phenoxy) is 2. The van der Waals surface area contributed by atoms with Gasteiger partial charge >= 0.3 is 0 Å². The minimum atomic E-state index is -0.481. The lowest BCUT2D eigenvalue weighted by Crippen LogP contribution is -2.15. The number of thioether (sulfide) groups is 1. The van der Waals surface area contributed by atoms with Gasteiger partial charge in [-0.1, -0.05) is 6.07 Å². The number of nitriles is 1. The van der Waals surface area contributed by atoms with E-state index in [9.17, 15) is 4.39 Å². The maximum absolute atomic E-state index is 13.3. The topological polar surface area (TPSA) is 42.2 Å². The SMILES string of the molecule is N#Cc1cc(CSc2ccc3c(c2)OCCO3)ccc1F. The third-order valence-electron chi connectivity index (χ3n) is 3.07. The zero-order chi connectivity index (χ0) is 14.7. The van der Waals surface area contributed by atoms with Gasteiger partial charge in [-0.25, -0.2) is 4.39 Å².